The molecule has 0 aliphatic carbocycles. The molecule has 0 atom stereocenters. The van der Waals surface area contributed by atoms with Gasteiger partial charge in [0.2, 0.25) is 0 Å². The fourth-order valence-corrected chi connectivity index (χ4v) is 2.78. The predicted octanol–water partition coefficient (Wildman–Crippen LogP) is 5.17. The van der Waals surface area contributed by atoms with E-state index in [0.717, 1.165) is 22.1 Å². The van der Waals surface area contributed by atoms with Gasteiger partial charge >= 0.3 is 0 Å². The van der Waals surface area contributed by atoms with Gasteiger partial charge in [-0.25, -0.2) is 0 Å². The quantitative estimate of drug-likeness (QED) is 0.449. The molecule has 0 bridgehead atoms. The van der Waals surface area contributed by atoms with E-state index >= 15 is 0 Å². The van der Waals surface area contributed by atoms with Gasteiger partial charge in [-0.2, -0.15) is 0 Å². The Labute approximate surface area is 140 Å². The van der Waals surface area contributed by atoms with Crippen molar-refractivity contribution in [3.05, 3.63) is 53.1 Å². The summed E-state index contributed by atoms with van der Waals surface area (Å²) in [5.74, 6) is 0.0378. The van der Waals surface area contributed by atoms with Crippen LogP contribution in [0.3, 0.4) is 0 Å². The summed E-state index contributed by atoms with van der Waals surface area (Å²) >= 11 is 0. The van der Waals surface area contributed by atoms with Crippen molar-refractivity contribution in [2.45, 2.75) is 20.8 Å². The number of phenolic OH excluding ortho intramolecular Hbond substituents is 2. The molecule has 3 aromatic carbocycles. The van der Waals surface area contributed by atoms with Crippen LogP contribution in [-0.2, 0) is 0 Å². The zero-order valence-corrected chi connectivity index (χ0v) is 13.8. The summed E-state index contributed by atoms with van der Waals surface area (Å²) in [6.45, 7) is 5.71. The second kappa shape index (κ2) is 5.85. The third-order valence-electron chi connectivity index (χ3n) is 3.94. The van der Waals surface area contributed by atoms with Crippen molar-refractivity contribution < 1.29 is 10.2 Å². The van der Waals surface area contributed by atoms with Crippen LogP contribution in [0.25, 0.3) is 10.8 Å². The Morgan fingerprint density at radius 2 is 1.62 bits per heavy atom. The molecule has 0 spiro atoms. The third-order valence-corrected chi connectivity index (χ3v) is 3.94. The lowest BCUT2D eigenvalue weighted by molar-refractivity contribution is 0.475. The molecule has 0 aliphatic rings. The van der Waals surface area contributed by atoms with E-state index in [2.05, 4.69) is 10.2 Å². The monoisotopic (exact) mass is 321 g/mol. The Hall–Kier alpha value is -3.08. The number of nitrogen functional groups attached to an aromatic ring is 1. The molecular weight excluding hydrogens is 302 g/mol. The van der Waals surface area contributed by atoms with Crippen LogP contribution in [0, 0.1) is 20.8 Å². The summed E-state index contributed by atoms with van der Waals surface area (Å²) in [7, 11) is 0. The summed E-state index contributed by atoms with van der Waals surface area (Å²) in [6, 6.07) is 10.8. The van der Waals surface area contributed by atoms with Gasteiger partial charge in [0.15, 0.2) is 5.75 Å². The molecule has 0 fully saturated rings. The largest absolute Gasteiger partial charge is 0.506 e. The molecule has 0 unspecified atom stereocenters. The van der Waals surface area contributed by atoms with Crippen LogP contribution in [0.1, 0.15) is 16.7 Å². The van der Waals surface area contributed by atoms with Crippen molar-refractivity contribution in [2.75, 3.05) is 5.73 Å². The predicted molar refractivity (Wildman–Crippen MR) is 96.5 cm³/mol. The first-order chi connectivity index (χ1) is 11.4. The second-order valence-electron chi connectivity index (χ2n) is 6.04. The standard InChI is InChI=1S/C19H19N3O2/c1-10-4-5-16(23)15(8-10)21-22-18-12(3)9-13-6-11(2)7-14(20)17(13)19(18)24/h4-9,23-24H,20H2,1-3H3. The molecule has 0 aliphatic heterocycles. The zero-order valence-electron chi connectivity index (χ0n) is 13.8. The first kappa shape index (κ1) is 15.8. The first-order valence-corrected chi connectivity index (χ1v) is 7.60. The summed E-state index contributed by atoms with van der Waals surface area (Å²) in [5.41, 5.74) is 10.0. The van der Waals surface area contributed by atoms with Crippen LogP contribution in [0.5, 0.6) is 11.5 Å². The molecule has 5 heteroatoms. The van der Waals surface area contributed by atoms with Gasteiger partial charge in [-0.15, -0.1) is 10.2 Å². The van der Waals surface area contributed by atoms with Gasteiger partial charge in [0, 0.05) is 11.1 Å². The van der Waals surface area contributed by atoms with E-state index in [0.29, 0.717) is 22.4 Å². The van der Waals surface area contributed by atoms with Gasteiger partial charge in [0.05, 0.1) is 0 Å². The van der Waals surface area contributed by atoms with E-state index in [1.165, 1.54) is 0 Å². The Kier molecular flexibility index (Phi) is 3.85. The average Bonchev–Trinajstić information content (AvgIpc) is 2.49. The molecule has 5 nitrogen and oxygen atoms in total. The number of anilines is 1. The number of benzene rings is 3. The number of hydrogen-bond acceptors (Lipinski definition) is 5. The van der Waals surface area contributed by atoms with Gasteiger partial charge in [0.25, 0.3) is 0 Å². The summed E-state index contributed by atoms with van der Waals surface area (Å²) in [6.07, 6.45) is 0. The van der Waals surface area contributed by atoms with Gasteiger partial charge in [-0.1, -0.05) is 12.1 Å². The number of aromatic hydroxyl groups is 2. The topological polar surface area (TPSA) is 91.2 Å². The summed E-state index contributed by atoms with van der Waals surface area (Å²) in [5, 5.41) is 30.1. The average molecular weight is 321 g/mol. The van der Waals surface area contributed by atoms with Crippen molar-refractivity contribution >= 4 is 27.8 Å². The van der Waals surface area contributed by atoms with E-state index in [1.54, 1.807) is 18.2 Å². The molecular formula is C19H19N3O2. The molecule has 3 rings (SSSR count). The molecule has 0 radical (unpaired) electrons. The maximum Gasteiger partial charge on any atom is 0.153 e. The highest BCUT2D eigenvalue weighted by Crippen LogP contribution is 2.42. The van der Waals surface area contributed by atoms with Crippen molar-refractivity contribution in [3.63, 3.8) is 0 Å². The van der Waals surface area contributed by atoms with Crippen LogP contribution < -0.4 is 5.73 Å². The fraction of sp³-hybridized carbons (Fsp3) is 0.158. The Morgan fingerprint density at radius 1 is 0.875 bits per heavy atom. The number of azo groups is 1. The Morgan fingerprint density at radius 3 is 2.38 bits per heavy atom. The van der Waals surface area contributed by atoms with Crippen LogP contribution in [0.4, 0.5) is 17.1 Å². The molecule has 0 heterocycles. The van der Waals surface area contributed by atoms with E-state index < -0.39 is 0 Å². The molecule has 3 aromatic rings. The maximum atomic E-state index is 10.6. The van der Waals surface area contributed by atoms with E-state index in [-0.39, 0.29) is 11.5 Å². The van der Waals surface area contributed by atoms with Gasteiger partial charge in [-0.3, -0.25) is 0 Å². The minimum atomic E-state index is -0.00149. The van der Waals surface area contributed by atoms with Crippen molar-refractivity contribution in [2.24, 2.45) is 10.2 Å². The highest BCUT2D eigenvalue weighted by atomic mass is 16.3. The summed E-state index contributed by atoms with van der Waals surface area (Å²) in [4.78, 5) is 0. The number of aryl methyl sites for hydroxylation is 3. The molecule has 24 heavy (non-hydrogen) atoms. The number of phenols is 2. The first-order valence-electron chi connectivity index (χ1n) is 7.60. The maximum absolute atomic E-state index is 10.6. The third kappa shape index (κ3) is 2.76. The van der Waals surface area contributed by atoms with Gasteiger partial charge in [0.1, 0.15) is 17.1 Å². The number of fused-ring (bicyclic) bond motifs is 1. The smallest absolute Gasteiger partial charge is 0.153 e. The second-order valence-corrected chi connectivity index (χ2v) is 6.04. The minimum absolute atomic E-state index is 0.00149. The normalized spacial score (nSPS) is 11.5. The molecule has 4 N–H and O–H groups in total. The molecule has 0 amide bonds. The van der Waals surface area contributed by atoms with Crippen LogP contribution >= 0.6 is 0 Å². The number of rotatable bonds is 2. The van der Waals surface area contributed by atoms with E-state index in [9.17, 15) is 10.2 Å². The Balaban J connectivity index is 2.16. The number of hydrogen-bond donors (Lipinski definition) is 3. The Bertz CT molecular complexity index is 978. The molecule has 122 valence electrons. The van der Waals surface area contributed by atoms with Crippen LogP contribution in [0.2, 0.25) is 0 Å². The summed E-state index contributed by atoms with van der Waals surface area (Å²) < 4.78 is 0. The lowest BCUT2D eigenvalue weighted by atomic mass is 10.0. The lowest BCUT2D eigenvalue weighted by Crippen LogP contribution is -1.90. The van der Waals surface area contributed by atoms with Crippen LogP contribution in [0.15, 0.2) is 46.6 Å². The van der Waals surface area contributed by atoms with E-state index in [4.69, 9.17) is 5.73 Å². The zero-order chi connectivity index (χ0) is 17.4. The lowest BCUT2D eigenvalue weighted by Gasteiger charge is -2.10. The van der Waals surface area contributed by atoms with Crippen molar-refractivity contribution in [1.29, 1.82) is 0 Å². The number of nitrogens with two attached hydrogens (primary N) is 1. The van der Waals surface area contributed by atoms with Crippen molar-refractivity contribution in [1.82, 2.24) is 0 Å². The molecule has 0 saturated carbocycles. The SMILES string of the molecule is Cc1ccc(O)c(N=Nc2c(C)cc3cc(C)cc(N)c3c2O)c1. The highest BCUT2D eigenvalue weighted by Gasteiger charge is 2.13. The van der Waals surface area contributed by atoms with Crippen molar-refractivity contribution in [3.8, 4) is 11.5 Å². The van der Waals surface area contributed by atoms with E-state index in [1.807, 2.05) is 39.0 Å². The highest BCUT2D eigenvalue weighted by molar-refractivity contribution is 6.02. The fourth-order valence-electron chi connectivity index (χ4n) is 2.78. The van der Waals surface area contributed by atoms with Gasteiger partial charge < -0.3 is 15.9 Å². The molecule has 0 aromatic heterocycles. The van der Waals surface area contributed by atoms with Crippen LogP contribution in [-0.4, -0.2) is 10.2 Å². The van der Waals surface area contributed by atoms with Gasteiger partial charge in [-0.05, 0) is 67.1 Å². The minimum Gasteiger partial charge on any atom is -0.506 e. The number of nitrogens with zero attached hydrogens (tertiary/aromatic N) is 2. The molecule has 0 saturated heterocycles.